The van der Waals surface area contributed by atoms with Crippen LogP contribution in [0.5, 0.6) is 0 Å². The molecule has 1 atom stereocenters. The molecule has 4 aromatic rings. The Morgan fingerprint density at radius 2 is 1.65 bits per heavy atom. The van der Waals surface area contributed by atoms with Gasteiger partial charge in [0.2, 0.25) is 0 Å². The minimum atomic E-state index is -2.72. The molecular formula is C23H28F2N10S2. The van der Waals surface area contributed by atoms with E-state index in [1.54, 1.807) is 9.42 Å². The molecule has 0 aromatic carbocycles. The summed E-state index contributed by atoms with van der Waals surface area (Å²) >= 11 is 4.49. The van der Waals surface area contributed by atoms with Crippen LogP contribution in [0.4, 0.5) is 20.4 Å². The second-order valence-electron chi connectivity index (χ2n) is 10.9. The van der Waals surface area contributed by atoms with Crippen molar-refractivity contribution in [3.63, 3.8) is 0 Å². The predicted octanol–water partition coefficient (Wildman–Crippen LogP) is 3.76. The van der Waals surface area contributed by atoms with E-state index in [4.69, 9.17) is 10.1 Å². The van der Waals surface area contributed by atoms with Gasteiger partial charge in [0.25, 0.3) is 17.5 Å². The monoisotopic (exact) mass is 546 g/mol. The number of halogens is 2. The van der Waals surface area contributed by atoms with E-state index in [1.165, 1.54) is 17.1 Å². The van der Waals surface area contributed by atoms with Crippen molar-refractivity contribution < 1.29 is 8.78 Å². The molecule has 0 bridgehead atoms. The fraction of sp³-hybridized carbons (Fsp3) is 0.565. The van der Waals surface area contributed by atoms with Gasteiger partial charge in [-0.1, -0.05) is 31.6 Å². The van der Waals surface area contributed by atoms with Gasteiger partial charge in [-0.3, -0.25) is 0 Å². The van der Waals surface area contributed by atoms with Gasteiger partial charge in [0, 0.05) is 30.8 Å². The SMILES string of the molecule is Cc1nc2nc(CC(C)c3c(C)nc4ncnn4c3N3CC(F)(F)C3)nn2c(N2CC(C)(C)C2)c1SS. The Labute approximate surface area is 221 Å². The first kappa shape index (κ1) is 24.6. The Bertz CT molecular complexity index is 1520. The number of hydrogen-bond acceptors (Lipinski definition) is 10. The highest BCUT2D eigenvalue weighted by Crippen LogP contribution is 2.42. The number of nitrogens with zero attached hydrogens (tertiary/aromatic N) is 10. The van der Waals surface area contributed by atoms with Crippen LogP contribution in [0.15, 0.2) is 11.2 Å². The second kappa shape index (κ2) is 8.38. The zero-order chi connectivity index (χ0) is 26.3. The molecule has 196 valence electrons. The van der Waals surface area contributed by atoms with Crippen LogP contribution in [-0.4, -0.2) is 71.3 Å². The molecule has 10 nitrogen and oxygen atoms in total. The average molecular weight is 547 g/mol. The molecule has 0 aliphatic carbocycles. The maximum absolute atomic E-state index is 13.8. The first-order chi connectivity index (χ1) is 17.5. The van der Waals surface area contributed by atoms with Gasteiger partial charge in [-0.2, -0.15) is 24.1 Å². The lowest BCUT2D eigenvalue weighted by atomic mass is 9.84. The molecule has 6 heterocycles. The number of rotatable bonds is 6. The van der Waals surface area contributed by atoms with Gasteiger partial charge in [0.15, 0.2) is 11.6 Å². The zero-order valence-corrected chi connectivity index (χ0v) is 23.0. The van der Waals surface area contributed by atoms with Gasteiger partial charge in [-0.15, -0.1) is 16.8 Å². The molecule has 2 fully saturated rings. The smallest absolute Gasteiger partial charge is 0.282 e. The summed E-state index contributed by atoms with van der Waals surface area (Å²) in [5, 5.41) is 9.14. The topological polar surface area (TPSA) is 92.6 Å². The molecular weight excluding hydrogens is 518 g/mol. The molecule has 4 aromatic heterocycles. The average Bonchev–Trinajstić information content (AvgIpc) is 3.39. The quantitative estimate of drug-likeness (QED) is 0.287. The Balaban J connectivity index is 1.39. The second-order valence-corrected chi connectivity index (χ2v) is 12.1. The lowest BCUT2D eigenvalue weighted by Gasteiger charge is -2.47. The fourth-order valence-corrected chi connectivity index (χ4v) is 6.61. The van der Waals surface area contributed by atoms with E-state index >= 15 is 0 Å². The number of aromatic nitrogens is 8. The van der Waals surface area contributed by atoms with Gasteiger partial charge >= 0.3 is 0 Å². The van der Waals surface area contributed by atoms with Gasteiger partial charge < -0.3 is 9.80 Å². The van der Waals surface area contributed by atoms with Crippen LogP contribution in [0.2, 0.25) is 0 Å². The number of fused-ring (bicyclic) bond motifs is 2. The number of thiol groups is 1. The fourth-order valence-electron chi connectivity index (χ4n) is 5.49. The Kier molecular flexibility index (Phi) is 5.57. The van der Waals surface area contributed by atoms with Gasteiger partial charge in [0.1, 0.15) is 12.1 Å². The van der Waals surface area contributed by atoms with Gasteiger partial charge in [-0.05, 0) is 25.2 Å². The van der Waals surface area contributed by atoms with Crippen molar-refractivity contribution in [2.75, 3.05) is 36.0 Å². The van der Waals surface area contributed by atoms with Crippen LogP contribution in [0, 0.1) is 19.3 Å². The largest absolute Gasteiger partial charge is 0.354 e. The first-order valence-electron chi connectivity index (χ1n) is 12.1. The highest BCUT2D eigenvalue weighted by Gasteiger charge is 2.46. The van der Waals surface area contributed by atoms with Gasteiger partial charge in [0.05, 0.1) is 23.7 Å². The van der Waals surface area contributed by atoms with E-state index in [1.807, 2.05) is 25.3 Å². The molecule has 2 saturated heterocycles. The van der Waals surface area contributed by atoms with E-state index < -0.39 is 5.92 Å². The summed E-state index contributed by atoms with van der Waals surface area (Å²) in [5.74, 6) is 0.278. The third kappa shape index (κ3) is 4.08. The Hall–Kier alpha value is -2.74. The molecule has 2 aliphatic rings. The summed E-state index contributed by atoms with van der Waals surface area (Å²) in [7, 11) is 1.36. The highest BCUT2D eigenvalue weighted by atomic mass is 33.1. The molecule has 0 radical (unpaired) electrons. The van der Waals surface area contributed by atoms with Crippen LogP contribution in [0.3, 0.4) is 0 Å². The van der Waals surface area contributed by atoms with E-state index in [-0.39, 0.29) is 24.4 Å². The summed E-state index contributed by atoms with van der Waals surface area (Å²) in [6, 6.07) is 0. The minimum absolute atomic E-state index is 0.117. The first-order valence-corrected chi connectivity index (χ1v) is 14.0. The van der Waals surface area contributed by atoms with Gasteiger partial charge in [-0.25, -0.2) is 18.7 Å². The van der Waals surface area contributed by atoms with Crippen molar-refractivity contribution in [3.8, 4) is 0 Å². The van der Waals surface area contributed by atoms with Crippen LogP contribution in [0.25, 0.3) is 11.6 Å². The summed E-state index contributed by atoms with van der Waals surface area (Å²) in [4.78, 5) is 23.1. The van der Waals surface area contributed by atoms with Crippen LogP contribution in [-0.2, 0) is 6.42 Å². The van der Waals surface area contributed by atoms with E-state index in [0.29, 0.717) is 29.6 Å². The Morgan fingerprint density at radius 1 is 0.973 bits per heavy atom. The van der Waals surface area contributed by atoms with Crippen LogP contribution in [0.1, 0.15) is 49.5 Å². The van der Waals surface area contributed by atoms with Crippen LogP contribution >= 0.6 is 22.5 Å². The molecule has 0 N–H and O–H groups in total. The summed E-state index contributed by atoms with van der Waals surface area (Å²) in [6.07, 6.45) is 1.88. The third-order valence-corrected chi connectivity index (χ3v) is 8.23. The molecule has 2 aliphatic heterocycles. The van der Waals surface area contributed by atoms with Crippen molar-refractivity contribution in [2.45, 2.75) is 57.8 Å². The summed E-state index contributed by atoms with van der Waals surface area (Å²) in [6.45, 7) is 11.4. The van der Waals surface area contributed by atoms with Crippen molar-refractivity contribution >= 4 is 45.6 Å². The lowest BCUT2D eigenvalue weighted by Crippen LogP contribution is -2.57. The lowest BCUT2D eigenvalue weighted by molar-refractivity contribution is -0.0270. The normalized spacial score (nSPS) is 19.4. The number of anilines is 2. The number of hydrogen-bond donors (Lipinski definition) is 1. The Morgan fingerprint density at radius 3 is 2.30 bits per heavy atom. The summed E-state index contributed by atoms with van der Waals surface area (Å²) in [5.41, 5.74) is 2.66. The van der Waals surface area contributed by atoms with Crippen molar-refractivity contribution in [1.82, 2.24) is 39.2 Å². The van der Waals surface area contributed by atoms with Crippen molar-refractivity contribution in [2.24, 2.45) is 5.41 Å². The molecule has 0 amide bonds. The number of aryl methyl sites for hydroxylation is 2. The van der Waals surface area contributed by atoms with Crippen molar-refractivity contribution in [3.05, 3.63) is 29.1 Å². The molecule has 1 unspecified atom stereocenters. The zero-order valence-electron chi connectivity index (χ0n) is 21.3. The van der Waals surface area contributed by atoms with Crippen LogP contribution < -0.4 is 9.80 Å². The minimum Gasteiger partial charge on any atom is -0.354 e. The maximum Gasteiger partial charge on any atom is 0.282 e. The molecule has 37 heavy (non-hydrogen) atoms. The number of alkyl halides is 2. The van der Waals surface area contributed by atoms with Crippen molar-refractivity contribution in [1.29, 1.82) is 0 Å². The molecule has 6 rings (SSSR count). The summed E-state index contributed by atoms with van der Waals surface area (Å²) < 4.78 is 31.0. The van der Waals surface area contributed by atoms with E-state index in [9.17, 15) is 8.78 Å². The highest BCUT2D eigenvalue weighted by molar-refractivity contribution is 8.68. The molecule has 0 saturated carbocycles. The maximum atomic E-state index is 13.8. The molecule has 14 heteroatoms. The molecule has 0 spiro atoms. The standard InChI is InChI=1S/C23H28F2N10S2/c1-12(16-13(2)28-20-26-11-27-34(20)18(16)33-9-23(24,25)10-33)6-15-30-21-29-14(3)17(37-36)19(35(21)31-15)32-7-22(4,5)8-32/h11-12,36H,6-10H2,1-5H3. The predicted molar refractivity (Wildman–Crippen MR) is 141 cm³/mol. The van der Waals surface area contributed by atoms with E-state index in [0.717, 1.165) is 40.8 Å². The van der Waals surface area contributed by atoms with E-state index in [2.05, 4.69) is 50.5 Å². The third-order valence-electron chi connectivity index (χ3n) is 7.02.